The molecular formula is C40H20N6S2. The van der Waals surface area contributed by atoms with E-state index < -0.39 is 0 Å². The highest BCUT2D eigenvalue weighted by atomic mass is 32.1. The van der Waals surface area contributed by atoms with E-state index in [-0.39, 0.29) is 11.6 Å². The number of isothiocyanates is 2. The molecule has 3 aromatic heterocycles. The highest BCUT2D eigenvalue weighted by molar-refractivity contribution is 7.78. The Morgan fingerprint density at radius 3 is 1.42 bits per heavy atom. The van der Waals surface area contributed by atoms with E-state index >= 15 is 0 Å². The molecule has 222 valence electrons. The summed E-state index contributed by atoms with van der Waals surface area (Å²) >= 11 is 9.91. The molecule has 6 nitrogen and oxygen atoms in total. The third kappa shape index (κ3) is 3.57. The number of benzene rings is 6. The molecule has 1 aliphatic carbocycles. The Morgan fingerprint density at radius 1 is 0.479 bits per heavy atom. The van der Waals surface area contributed by atoms with Crippen molar-refractivity contribution in [1.82, 2.24) is 19.1 Å². The monoisotopic (exact) mass is 648 g/mol. The summed E-state index contributed by atoms with van der Waals surface area (Å²) in [5, 5.41) is 11.8. The minimum absolute atomic E-state index is 0.256. The van der Waals surface area contributed by atoms with Crippen LogP contribution in [0.15, 0.2) is 131 Å². The van der Waals surface area contributed by atoms with E-state index in [1.54, 1.807) is 0 Å². The quantitative estimate of drug-likeness (QED) is 0.141. The number of thiocarbonyl (C=S) groups is 2. The normalized spacial score (nSPS) is 11.8. The third-order valence-corrected chi connectivity index (χ3v) is 9.59. The first kappa shape index (κ1) is 27.0. The van der Waals surface area contributed by atoms with Gasteiger partial charge in [-0.15, -0.1) is 0 Å². The number of rotatable bonds is 4. The average molecular weight is 649 g/mol. The maximum Gasteiger partial charge on any atom is 0.209 e. The lowest BCUT2D eigenvalue weighted by Gasteiger charge is -2.20. The number of aromatic nitrogens is 4. The highest BCUT2D eigenvalue weighted by Crippen LogP contribution is 2.51. The lowest BCUT2D eigenvalue weighted by Crippen LogP contribution is -2.05. The zero-order valence-electron chi connectivity index (χ0n) is 25.0. The van der Waals surface area contributed by atoms with Gasteiger partial charge in [0.25, 0.3) is 0 Å². The van der Waals surface area contributed by atoms with Gasteiger partial charge in [0, 0.05) is 43.4 Å². The predicted octanol–water partition coefficient (Wildman–Crippen LogP) is 10.9. The SMILES string of the molecule is S=C=Nc1nc2c(nc1N=C=S)-c1cc(-n3c4ccccc4c4ccccc43)c(-n3c4ccccc4c4ccccc43)c3cccc-2c13. The molecule has 0 saturated heterocycles. The number of hydrogen-bond donors (Lipinski definition) is 0. The molecule has 0 bridgehead atoms. The fraction of sp³-hybridized carbons (Fsp3) is 0. The molecule has 48 heavy (non-hydrogen) atoms. The first-order valence-electron chi connectivity index (χ1n) is 15.4. The number of para-hydroxylation sites is 4. The van der Waals surface area contributed by atoms with E-state index in [2.05, 4.69) is 151 Å². The molecule has 10 rings (SSSR count). The zero-order valence-corrected chi connectivity index (χ0v) is 26.7. The first-order valence-corrected chi connectivity index (χ1v) is 16.2. The van der Waals surface area contributed by atoms with Gasteiger partial charge in [0.1, 0.15) is 0 Å². The van der Waals surface area contributed by atoms with Gasteiger partial charge in [-0.2, -0.15) is 9.98 Å². The van der Waals surface area contributed by atoms with Crippen LogP contribution in [0.25, 0.3) is 88.3 Å². The summed E-state index contributed by atoms with van der Waals surface area (Å²) in [6, 6.07) is 43.1. The third-order valence-electron chi connectivity index (χ3n) is 9.41. The van der Waals surface area contributed by atoms with Crippen LogP contribution in [0.4, 0.5) is 11.6 Å². The van der Waals surface area contributed by atoms with Crippen molar-refractivity contribution in [2.24, 2.45) is 9.98 Å². The summed E-state index contributed by atoms with van der Waals surface area (Å²) in [5.41, 5.74) is 9.94. The molecular weight excluding hydrogens is 629 g/mol. The van der Waals surface area contributed by atoms with Crippen LogP contribution >= 0.6 is 24.4 Å². The fourth-order valence-electron chi connectivity index (χ4n) is 7.62. The van der Waals surface area contributed by atoms with Crippen molar-refractivity contribution in [3.63, 3.8) is 0 Å². The van der Waals surface area contributed by atoms with Crippen molar-refractivity contribution in [2.45, 2.75) is 0 Å². The van der Waals surface area contributed by atoms with Gasteiger partial charge in [-0.1, -0.05) is 91.0 Å². The zero-order chi connectivity index (χ0) is 31.9. The van der Waals surface area contributed by atoms with Crippen LogP contribution in [0.2, 0.25) is 0 Å². The summed E-state index contributed by atoms with van der Waals surface area (Å²) in [6.07, 6.45) is 0. The summed E-state index contributed by atoms with van der Waals surface area (Å²) in [7, 11) is 0. The van der Waals surface area contributed by atoms with Gasteiger partial charge in [-0.25, -0.2) is 9.97 Å². The van der Waals surface area contributed by atoms with E-state index in [4.69, 9.17) is 34.4 Å². The molecule has 1 aliphatic rings. The van der Waals surface area contributed by atoms with E-state index in [1.165, 1.54) is 21.5 Å². The molecule has 0 atom stereocenters. The molecule has 6 aromatic carbocycles. The van der Waals surface area contributed by atoms with Crippen molar-refractivity contribution < 1.29 is 0 Å². The predicted molar refractivity (Wildman–Crippen MR) is 202 cm³/mol. The molecule has 0 amide bonds. The lowest BCUT2D eigenvalue weighted by atomic mass is 10.00. The number of fused-ring (bicyclic) bond motifs is 9. The van der Waals surface area contributed by atoms with E-state index in [1.807, 2.05) is 0 Å². The van der Waals surface area contributed by atoms with Crippen molar-refractivity contribution in [2.75, 3.05) is 0 Å². The number of hydrogen-bond acceptors (Lipinski definition) is 6. The summed E-state index contributed by atoms with van der Waals surface area (Å²) in [4.78, 5) is 18.3. The molecule has 0 radical (unpaired) electrons. The van der Waals surface area contributed by atoms with Gasteiger partial charge in [-0.05, 0) is 54.8 Å². The first-order chi connectivity index (χ1) is 23.8. The van der Waals surface area contributed by atoms with Gasteiger partial charge in [-0.3, -0.25) is 0 Å². The van der Waals surface area contributed by atoms with Crippen molar-refractivity contribution >= 4 is 101 Å². The van der Waals surface area contributed by atoms with Crippen LogP contribution in [0.1, 0.15) is 0 Å². The Labute approximate surface area is 284 Å². The molecule has 9 aromatic rings. The molecule has 0 aliphatic heterocycles. The van der Waals surface area contributed by atoms with Crippen molar-refractivity contribution in [1.29, 1.82) is 0 Å². The maximum absolute atomic E-state index is 4.99. The van der Waals surface area contributed by atoms with Gasteiger partial charge >= 0.3 is 0 Å². The minimum Gasteiger partial charge on any atom is -0.307 e. The highest BCUT2D eigenvalue weighted by Gasteiger charge is 2.31. The van der Waals surface area contributed by atoms with Gasteiger partial charge in [0.2, 0.25) is 11.6 Å². The van der Waals surface area contributed by atoms with Crippen molar-refractivity contribution in [3.8, 4) is 33.9 Å². The van der Waals surface area contributed by atoms with Crippen LogP contribution < -0.4 is 0 Å². The Morgan fingerprint density at radius 2 is 0.917 bits per heavy atom. The van der Waals surface area contributed by atoms with Gasteiger partial charge < -0.3 is 9.13 Å². The van der Waals surface area contributed by atoms with Gasteiger partial charge in [0.05, 0.1) is 55.2 Å². The average Bonchev–Trinajstić information content (AvgIpc) is 3.75. The standard InChI is InChI=1S/C40H20N6S2/c47-21-41-39-40(42-22-48)44-37-29-20-34(45-30-16-5-1-10-23(30)24-11-2-6-17-31(24)45)38(28-15-9-14-27(35(28)29)36(37)43-39)46-32-18-7-3-12-25(32)26-13-4-8-19-33(26)46/h1-20H. The Balaban J connectivity index is 1.45. The second-order valence-corrected chi connectivity index (χ2v) is 12.1. The second kappa shape index (κ2) is 10.2. The van der Waals surface area contributed by atoms with E-state index in [9.17, 15) is 0 Å². The van der Waals surface area contributed by atoms with Crippen LogP contribution in [-0.2, 0) is 0 Å². The Hall–Kier alpha value is -6.14. The lowest BCUT2D eigenvalue weighted by molar-refractivity contribution is 1.11. The van der Waals surface area contributed by atoms with Gasteiger partial charge in [0.15, 0.2) is 0 Å². The van der Waals surface area contributed by atoms with E-state index in [0.29, 0.717) is 5.69 Å². The molecule has 0 saturated carbocycles. The molecule has 0 N–H and O–H groups in total. The summed E-state index contributed by atoms with van der Waals surface area (Å²) in [6.45, 7) is 0. The fourth-order valence-corrected chi connectivity index (χ4v) is 7.79. The second-order valence-electron chi connectivity index (χ2n) is 11.7. The smallest absolute Gasteiger partial charge is 0.209 e. The van der Waals surface area contributed by atoms with Crippen molar-refractivity contribution in [3.05, 3.63) is 121 Å². The van der Waals surface area contributed by atoms with Crippen LogP contribution in [0.3, 0.4) is 0 Å². The Kier molecular flexibility index (Phi) is 5.73. The molecule has 0 spiro atoms. The maximum atomic E-state index is 4.99. The molecule has 0 fully saturated rings. The molecule has 0 unspecified atom stereocenters. The molecule has 8 heteroatoms. The summed E-state index contributed by atoms with van der Waals surface area (Å²) in [5.74, 6) is 0.517. The number of aliphatic imine (C=N–C) groups is 2. The van der Waals surface area contributed by atoms with Crippen LogP contribution in [0, 0.1) is 0 Å². The van der Waals surface area contributed by atoms with Crippen LogP contribution in [0.5, 0.6) is 0 Å². The Bertz CT molecular complexity index is 2870. The number of nitrogens with zero attached hydrogens (tertiary/aromatic N) is 6. The molecule has 3 heterocycles. The van der Waals surface area contributed by atoms with E-state index in [0.717, 1.165) is 61.0 Å². The van der Waals surface area contributed by atoms with Crippen LogP contribution in [-0.4, -0.2) is 29.4 Å². The minimum atomic E-state index is 0.256. The largest absolute Gasteiger partial charge is 0.307 e. The topological polar surface area (TPSA) is 60.4 Å². The summed E-state index contributed by atoms with van der Waals surface area (Å²) < 4.78 is 4.80.